The number of amides is 1. The molecular weight excluding hydrogens is 302 g/mol. The Kier molecular flexibility index (Phi) is 6.28. The minimum atomic E-state index is 0.0430. The minimum absolute atomic E-state index is 0.0430. The van der Waals surface area contributed by atoms with Gasteiger partial charge in [0.1, 0.15) is 0 Å². The third-order valence-corrected chi connectivity index (χ3v) is 5.01. The van der Waals surface area contributed by atoms with Gasteiger partial charge < -0.3 is 5.32 Å². The number of rotatable bonds is 6. The van der Waals surface area contributed by atoms with Crippen LogP contribution in [0.15, 0.2) is 42.5 Å². The number of hydrogen-bond acceptors (Lipinski definition) is 2. The normalized spacial score (nSPS) is 12.0. The molecule has 0 aliphatic carbocycles. The first-order valence-corrected chi connectivity index (χ1v) is 9.11. The van der Waals surface area contributed by atoms with Gasteiger partial charge in [0.15, 0.2) is 0 Å². The van der Waals surface area contributed by atoms with Crippen molar-refractivity contribution in [2.45, 2.75) is 39.5 Å². The van der Waals surface area contributed by atoms with Crippen molar-refractivity contribution in [1.29, 1.82) is 0 Å². The minimum Gasteiger partial charge on any atom is -0.349 e. The third kappa shape index (κ3) is 5.14. The molecule has 2 aromatic rings. The summed E-state index contributed by atoms with van der Waals surface area (Å²) < 4.78 is 0. The Morgan fingerprint density at radius 2 is 1.83 bits per heavy atom. The van der Waals surface area contributed by atoms with Crippen LogP contribution in [-0.4, -0.2) is 11.7 Å². The van der Waals surface area contributed by atoms with Gasteiger partial charge in [0.25, 0.3) is 0 Å². The number of benzene rings is 2. The molecule has 23 heavy (non-hydrogen) atoms. The highest BCUT2D eigenvalue weighted by Gasteiger charge is 2.12. The second-order valence-corrected chi connectivity index (χ2v) is 7.05. The lowest BCUT2D eigenvalue weighted by Gasteiger charge is -2.17. The van der Waals surface area contributed by atoms with E-state index in [1.165, 1.54) is 27.8 Å². The number of carbonyl (C=O) groups is 1. The Hall–Kier alpha value is -1.74. The van der Waals surface area contributed by atoms with Crippen LogP contribution in [0.1, 0.15) is 40.8 Å². The number of thioether (sulfide) groups is 1. The lowest BCUT2D eigenvalue weighted by molar-refractivity contribution is -0.119. The van der Waals surface area contributed by atoms with Gasteiger partial charge in [-0.05, 0) is 49.9 Å². The molecule has 2 rings (SSSR count). The fourth-order valence-corrected chi connectivity index (χ4v) is 3.53. The largest absolute Gasteiger partial charge is 0.349 e. The Labute approximate surface area is 143 Å². The molecule has 2 nitrogen and oxygen atoms in total. The lowest BCUT2D eigenvalue weighted by Crippen LogP contribution is -2.28. The van der Waals surface area contributed by atoms with Crippen LogP contribution in [0.4, 0.5) is 0 Å². The van der Waals surface area contributed by atoms with Crippen LogP contribution in [0.3, 0.4) is 0 Å². The molecule has 0 heterocycles. The molecule has 0 fully saturated rings. The molecule has 1 N–H and O–H groups in total. The highest BCUT2D eigenvalue weighted by atomic mass is 32.2. The van der Waals surface area contributed by atoms with Crippen molar-refractivity contribution in [2.24, 2.45) is 0 Å². The Balaban J connectivity index is 1.85. The summed E-state index contributed by atoms with van der Waals surface area (Å²) in [5, 5.41) is 3.11. The average Bonchev–Trinajstić information content (AvgIpc) is 2.51. The van der Waals surface area contributed by atoms with E-state index in [-0.39, 0.29) is 11.9 Å². The summed E-state index contributed by atoms with van der Waals surface area (Å²) in [6.07, 6.45) is 0. The number of carbonyl (C=O) groups excluding carboxylic acids is 1. The molecule has 3 heteroatoms. The average molecular weight is 327 g/mol. The summed E-state index contributed by atoms with van der Waals surface area (Å²) >= 11 is 1.66. The second kappa shape index (κ2) is 8.21. The molecule has 0 bridgehead atoms. The fourth-order valence-electron chi connectivity index (χ4n) is 2.61. The van der Waals surface area contributed by atoms with Gasteiger partial charge in [0.05, 0.1) is 11.8 Å². The summed E-state index contributed by atoms with van der Waals surface area (Å²) in [6, 6.07) is 14.7. The van der Waals surface area contributed by atoms with Crippen molar-refractivity contribution >= 4 is 17.7 Å². The van der Waals surface area contributed by atoms with E-state index in [1.54, 1.807) is 11.8 Å². The van der Waals surface area contributed by atoms with Crippen LogP contribution in [0, 0.1) is 20.8 Å². The van der Waals surface area contributed by atoms with Gasteiger partial charge in [-0.15, -0.1) is 11.8 Å². The Morgan fingerprint density at radius 1 is 1.09 bits per heavy atom. The van der Waals surface area contributed by atoms with Crippen LogP contribution < -0.4 is 5.32 Å². The van der Waals surface area contributed by atoms with Gasteiger partial charge >= 0.3 is 0 Å². The van der Waals surface area contributed by atoms with Gasteiger partial charge in [0, 0.05) is 5.75 Å². The summed E-state index contributed by atoms with van der Waals surface area (Å²) in [5.41, 5.74) is 6.22. The zero-order valence-electron chi connectivity index (χ0n) is 14.3. The highest BCUT2D eigenvalue weighted by molar-refractivity contribution is 7.99. The predicted molar refractivity (Wildman–Crippen MR) is 99.8 cm³/mol. The van der Waals surface area contributed by atoms with Gasteiger partial charge in [-0.25, -0.2) is 0 Å². The van der Waals surface area contributed by atoms with Crippen LogP contribution in [0.2, 0.25) is 0 Å². The molecule has 122 valence electrons. The number of aryl methyl sites for hydroxylation is 3. The topological polar surface area (TPSA) is 29.1 Å². The lowest BCUT2D eigenvalue weighted by atomic mass is 10.00. The SMILES string of the molecule is Cc1ccc(C)c(C(C)NC(=O)CSCc2ccccc2C)c1. The Bertz CT molecular complexity index is 681. The summed E-state index contributed by atoms with van der Waals surface area (Å²) in [7, 11) is 0. The molecule has 0 spiro atoms. The third-order valence-electron chi connectivity index (χ3n) is 4.03. The standard InChI is InChI=1S/C20H25NOS/c1-14-9-10-16(3)19(11-14)17(4)21-20(22)13-23-12-18-8-6-5-7-15(18)2/h5-11,17H,12-13H2,1-4H3,(H,21,22). The number of hydrogen-bond donors (Lipinski definition) is 1. The summed E-state index contributed by atoms with van der Waals surface area (Å²) in [5.74, 6) is 1.46. The summed E-state index contributed by atoms with van der Waals surface area (Å²) in [6.45, 7) is 8.32. The van der Waals surface area contributed by atoms with Crippen molar-refractivity contribution in [3.63, 3.8) is 0 Å². The zero-order chi connectivity index (χ0) is 16.8. The highest BCUT2D eigenvalue weighted by Crippen LogP contribution is 2.20. The molecule has 2 aromatic carbocycles. The van der Waals surface area contributed by atoms with Gasteiger partial charge in [-0.2, -0.15) is 0 Å². The zero-order valence-corrected chi connectivity index (χ0v) is 15.2. The number of nitrogens with one attached hydrogen (secondary N) is 1. The second-order valence-electron chi connectivity index (χ2n) is 6.07. The predicted octanol–water partition coefficient (Wildman–Crippen LogP) is 4.72. The molecule has 0 aliphatic rings. The van der Waals surface area contributed by atoms with E-state index in [0.29, 0.717) is 5.75 Å². The van der Waals surface area contributed by atoms with E-state index < -0.39 is 0 Å². The van der Waals surface area contributed by atoms with Crippen molar-refractivity contribution in [2.75, 3.05) is 5.75 Å². The molecule has 0 saturated carbocycles. The maximum atomic E-state index is 12.2. The van der Waals surface area contributed by atoms with Crippen molar-refractivity contribution in [1.82, 2.24) is 5.32 Å². The maximum Gasteiger partial charge on any atom is 0.230 e. The first kappa shape index (κ1) is 17.6. The van der Waals surface area contributed by atoms with Crippen LogP contribution in [0.25, 0.3) is 0 Å². The Morgan fingerprint density at radius 3 is 2.57 bits per heavy atom. The molecule has 0 aromatic heterocycles. The van der Waals surface area contributed by atoms with E-state index in [0.717, 1.165) is 5.75 Å². The molecule has 0 radical (unpaired) electrons. The van der Waals surface area contributed by atoms with Crippen molar-refractivity contribution < 1.29 is 4.79 Å². The van der Waals surface area contributed by atoms with E-state index in [2.05, 4.69) is 56.4 Å². The molecule has 0 saturated heterocycles. The quantitative estimate of drug-likeness (QED) is 0.831. The molecule has 1 unspecified atom stereocenters. The van der Waals surface area contributed by atoms with E-state index >= 15 is 0 Å². The van der Waals surface area contributed by atoms with E-state index in [9.17, 15) is 4.79 Å². The summed E-state index contributed by atoms with van der Waals surface area (Å²) in [4.78, 5) is 12.2. The van der Waals surface area contributed by atoms with Crippen LogP contribution in [-0.2, 0) is 10.5 Å². The van der Waals surface area contributed by atoms with Crippen molar-refractivity contribution in [3.05, 3.63) is 70.3 Å². The molecular formula is C20H25NOS. The van der Waals surface area contributed by atoms with Crippen LogP contribution in [0.5, 0.6) is 0 Å². The molecule has 1 amide bonds. The first-order chi connectivity index (χ1) is 11.0. The van der Waals surface area contributed by atoms with Crippen LogP contribution >= 0.6 is 11.8 Å². The first-order valence-electron chi connectivity index (χ1n) is 7.96. The van der Waals surface area contributed by atoms with E-state index in [4.69, 9.17) is 0 Å². The van der Waals surface area contributed by atoms with E-state index in [1.807, 2.05) is 19.1 Å². The molecule has 1 atom stereocenters. The van der Waals surface area contributed by atoms with Gasteiger partial charge in [-0.3, -0.25) is 4.79 Å². The van der Waals surface area contributed by atoms with Gasteiger partial charge in [-0.1, -0.05) is 48.0 Å². The smallest absolute Gasteiger partial charge is 0.230 e. The van der Waals surface area contributed by atoms with Gasteiger partial charge in [0.2, 0.25) is 5.91 Å². The van der Waals surface area contributed by atoms with Crippen molar-refractivity contribution in [3.8, 4) is 0 Å². The maximum absolute atomic E-state index is 12.2. The molecule has 0 aliphatic heterocycles. The monoisotopic (exact) mass is 327 g/mol. The fraction of sp³-hybridized carbons (Fsp3) is 0.350.